The van der Waals surface area contributed by atoms with Gasteiger partial charge in [-0.25, -0.2) is 0 Å². The van der Waals surface area contributed by atoms with Crippen LogP contribution in [-0.4, -0.2) is 18.8 Å². The number of benzene rings is 1. The molecule has 0 radical (unpaired) electrons. The summed E-state index contributed by atoms with van der Waals surface area (Å²) in [6.07, 6.45) is 2.05. The number of hydrogen-bond acceptors (Lipinski definition) is 4. The molecule has 1 N–H and O–H groups in total. The van der Waals surface area contributed by atoms with E-state index in [2.05, 4.69) is 26.1 Å². The molecular formula is C16H22N2O2. The minimum Gasteiger partial charge on any atom is -0.487 e. The van der Waals surface area contributed by atoms with Gasteiger partial charge >= 0.3 is 0 Å². The van der Waals surface area contributed by atoms with Gasteiger partial charge in [-0.15, -0.1) is 0 Å². The van der Waals surface area contributed by atoms with Crippen LogP contribution in [0.25, 0.3) is 0 Å². The summed E-state index contributed by atoms with van der Waals surface area (Å²) in [4.78, 5) is 0. The highest BCUT2D eigenvalue weighted by molar-refractivity contribution is 5.44. The Morgan fingerprint density at radius 1 is 1.50 bits per heavy atom. The van der Waals surface area contributed by atoms with Crippen molar-refractivity contribution in [3.63, 3.8) is 0 Å². The second-order valence-electron chi connectivity index (χ2n) is 5.72. The fourth-order valence-corrected chi connectivity index (χ4v) is 2.54. The number of hydrogen-bond donors (Lipinski definition) is 1. The summed E-state index contributed by atoms with van der Waals surface area (Å²) in [7, 11) is 0. The molecule has 0 aromatic heterocycles. The minimum absolute atomic E-state index is 0.0553. The third-order valence-corrected chi connectivity index (χ3v) is 3.39. The SMILES string of the molecule is CCCNC1CC(C)(C)Oc2cc(OCC#N)ccc21. The first-order valence-corrected chi connectivity index (χ1v) is 7.12. The van der Waals surface area contributed by atoms with Crippen LogP contribution in [0.4, 0.5) is 0 Å². The zero-order chi connectivity index (χ0) is 14.6. The van der Waals surface area contributed by atoms with E-state index in [0.717, 1.165) is 25.1 Å². The molecule has 1 unspecified atom stereocenters. The normalized spacial score (nSPS) is 19.6. The van der Waals surface area contributed by atoms with E-state index in [9.17, 15) is 0 Å². The molecule has 0 spiro atoms. The lowest BCUT2D eigenvalue weighted by Crippen LogP contribution is -2.39. The molecule has 1 aliphatic heterocycles. The molecule has 0 saturated heterocycles. The Morgan fingerprint density at radius 3 is 3.00 bits per heavy atom. The van der Waals surface area contributed by atoms with Gasteiger partial charge in [-0.1, -0.05) is 13.0 Å². The average molecular weight is 274 g/mol. The maximum atomic E-state index is 8.57. The van der Waals surface area contributed by atoms with E-state index in [0.29, 0.717) is 11.8 Å². The maximum absolute atomic E-state index is 8.57. The van der Waals surface area contributed by atoms with Crippen LogP contribution in [0.5, 0.6) is 11.5 Å². The van der Waals surface area contributed by atoms with E-state index in [1.165, 1.54) is 5.56 Å². The van der Waals surface area contributed by atoms with Crippen LogP contribution in [-0.2, 0) is 0 Å². The largest absolute Gasteiger partial charge is 0.487 e. The van der Waals surface area contributed by atoms with E-state index in [-0.39, 0.29) is 12.2 Å². The summed E-state index contributed by atoms with van der Waals surface area (Å²) in [6, 6.07) is 8.09. The summed E-state index contributed by atoms with van der Waals surface area (Å²) in [6.45, 7) is 7.41. The lowest BCUT2D eigenvalue weighted by molar-refractivity contribution is 0.0658. The van der Waals surface area contributed by atoms with Gasteiger partial charge in [0.15, 0.2) is 6.61 Å². The lowest BCUT2D eigenvalue weighted by atomic mass is 9.89. The fourth-order valence-electron chi connectivity index (χ4n) is 2.54. The van der Waals surface area contributed by atoms with Gasteiger partial charge in [0.05, 0.1) is 0 Å². The first-order chi connectivity index (χ1) is 9.55. The smallest absolute Gasteiger partial charge is 0.174 e. The maximum Gasteiger partial charge on any atom is 0.174 e. The molecule has 1 aromatic rings. The van der Waals surface area contributed by atoms with Crippen LogP contribution in [0.1, 0.15) is 45.2 Å². The van der Waals surface area contributed by atoms with Crippen molar-refractivity contribution >= 4 is 0 Å². The highest BCUT2D eigenvalue weighted by atomic mass is 16.5. The van der Waals surface area contributed by atoms with E-state index < -0.39 is 0 Å². The second kappa shape index (κ2) is 6.15. The molecule has 0 amide bonds. The Kier molecular flexibility index (Phi) is 4.51. The van der Waals surface area contributed by atoms with Crippen LogP contribution in [0.3, 0.4) is 0 Å². The van der Waals surface area contributed by atoms with Crippen molar-refractivity contribution in [1.82, 2.24) is 5.32 Å². The predicted octanol–water partition coefficient (Wildman–Crippen LogP) is 3.19. The van der Waals surface area contributed by atoms with Crippen molar-refractivity contribution in [1.29, 1.82) is 5.26 Å². The van der Waals surface area contributed by atoms with Crippen molar-refractivity contribution in [2.24, 2.45) is 0 Å². The van der Waals surface area contributed by atoms with Gasteiger partial charge in [-0.2, -0.15) is 5.26 Å². The van der Waals surface area contributed by atoms with Crippen molar-refractivity contribution in [2.75, 3.05) is 13.2 Å². The number of nitrogens with zero attached hydrogens (tertiary/aromatic N) is 1. The zero-order valence-corrected chi connectivity index (χ0v) is 12.4. The van der Waals surface area contributed by atoms with Crippen molar-refractivity contribution in [3.05, 3.63) is 23.8 Å². The van der Waals surface area contributed by atoms with Crippen molar-refractivity contribution in [2.45, 2.75) is 45.3 Å². The Hall–Kier alpha value is -1.73. The molecule has 0 bridgehead atoms. The Labute approximate surface area is 120 Å². The van der Waals surface area contributed by atoms with E-state index in [4.69, 9.17) is 14.7 Å². The average Bonchev–Trinajstić information content (AvgIpc) is 2.40. The number of rotatable bonds is 5. The van der Waals surface area contributed by atoms with Gasteiger partial charge in [0.25, 0.3) is 0 Å². The van der Waals surface area contributed by atoms with Crippen LogP contribution >= 0.6 is 0 Å². The molecule has 1 heterocycles. The third kappa shape index (κ3) is 3.43. The molecular weight excluding hydrogens is 252 g/mol. The highest BCUT2D eigenvalue weighted by Crippen LogP contribution is 2.41. The second-order valence-corrected chi connectivity index (χ2v) is 5.72. The quantitative estimate of drug-likeness (QED) is 0.896. The van der Waals surface area contributed by atoms with Crippen LogP contribution in [0, 0.1) is 11.3 Å². The lowest BCUT2D eigenvalue weighted by Gasteiger charge is -2.38. The van der Waals surface area contributed by atoms with E-state index in [1.807, 2.05) is 24.3 Å². The predicted molar refractivity (Wildman–Crippen MR) is 77.9 cm³/mol. The van der Waals surface area contributed by atoms with Gasteiger partial charge in [0.1, 0.15) is 23.2 Å². The standard InChI is InChI=1S/C16H22N2O2/c1-4-8-18-14-11-16(2,3)20-15-10-12(19-9-7-17)5-6-13(14)15/h5-6,10,14,18H,4,8-9,11H2,1-3H3. The summed E-state index contributed by atoms with van der Waals surface area (Å²) >= 11 is 0. The van der Waals surface area contributed by atoms with Crippen molar-refractivity contribution < 1.29 is 9.47 Å². The first kappa shape index (κ1) is 14.7. The summed E-state index contributed by atoms with van der Waals surface area (Å²) in [5, 5.41) is 12.1. The molecule has 108 valence electrons. The fraction of sp³-hybridized carbons (Fsp3) is 0.562. The van der Waals surface area contributed by atoms with Gasteiger partial charge in [0, 0.05) is 24.1 Å². The molecule has 20 heavy (non-hydrogen) atoms. The van der Waals surface area contributed by atoms with Gasteiger partial charge in [-0.3, -0.25) is 0 Å². The molecule has 0 fully saturated rings. The number of nitrogens with one attached hydrogen (secondary N) is 1. The van der Waals surface area contributed by atoms with Gasteiger partial charge in [0.2, 0.25) is 0 Å². The highest BCUT2D eigenvalue weighted by Gasteiger charge is 2.33. The number of fused-ring (bicyclic) bond motifs is 1. The minimum atomic E-state index is -0.202. The Balaban J connectivity index is 2.24. The van der Waals surface area contributed by atoms with Crippen LogP contribution in [0.2, 0.25) is 0 Å². The summed E-state index contributed by atoms with van der Waals surface area (Å²) in [5.41, 5.74) is 0.966. The van der Waals surface area contributed by atoms with E-state index >= 15 is 0 Å². The Bertz CT molecular complexity index is 506. The van der Waals surface area contributed by atoms with Crippen LogP contribution in [0.15, 0.2) is 18.2 Å². The molecule has 1 aromatic carbocycles. The van der Waals surface area contributed by atoms with Gasteiger partial charge < -0.3 is 14.8 Å². The summed E-state index contributed by atoms with van der Waals surface area (Å²) < 4.78 is 11.4. The molecule has 0 aliphatic carbocycles. The topological polar surface area (TPSA) is 54.3 Å². The monoisotopic (exact) mass is 274 g/mol. The molecule has 4 nitrogen and oxygen atoms in total. The molecule has 1 atom stereocenters. The molecule has 2 rings (SSSR count). The number of ether oxygens (including phenoxy) is 2. The van der Waals surface area contributed by atoms with Crippen LogP contribution < -0.4 is 14.8 Å². The number of nitriles is 1. The summed E-state index contributed by atoms with van der Waals surface area (Å²) in [5.74, 6) is 1.53. The molecule has 0 saturated carbocycles. The third-order valence-electron chi connectivity index (χ3n) is 3.39. The molecule has 1 aliphatic rings. The van der Waals surface area contributed by atoms with Crippen molar-refractivity contribution in [3.8, 4) is 17.6 Å². The molecule has 4 heteroatoms. The zero-order valence-electron chi connectivity index (χ0n) is 12.4. The van der Waals surface area contributed by atoms with E-state index in [1.54, 1.807) is 0 Å². The Morgan fingerprint density at radius 2 is 2.30 bits per heavy atom. The van der Waals surface area contributed by atoms with Gasteiger partial charge in [-0.05, 0) is 32.9 Å². The first-order valence-electron chi connectivity index (χ1n) is 7.12.